The maximum atomic E-state index is 10.6. The van der Waals surface area contributed by atoms with Crippen molar-refractivity contribution in [3.63, 3.8) is 0 Å². The van der Waals surface area contributed by atoms with Gasteiger partial charge in [0.05, 0.1) is 6.42 Å². The number of carbonyl (C=O) groups is 2. The van der Waals surface area contributed by atoms with Crippen LogP contribution in [0.2, 0.25) is 0 Å². The Kier molecular flexibility index (Phi) is 9.43. The summed E-state index contributed by atoms with van der Waals surface area (Å²) in [4.78, 5) is 21.1. The fraction of sp³-hybridized carbons (Fsp3) is 0.714. The van der Waals surface area contributed by atoms with Crippen LogP contribution in [0.15, 0.2) is 0 Å². The van der Waals surface area contributed by atoms with Crippen LogP contribution < -0.4 is 0 Å². The van der Waals surface area contributed by atoms with Crippen LogP contribution in [0.1, 0.15) is 33.1 Å². The Morgan fingerprint density at radius 3 is 1.50 bits per heavy atom. The molecular weight excluding hydrogens is 207 g/mol. The van der Waals surface area contributed by atoms with Gasteiger partial charge in [-0.2, -0.15) is 0 Å². The smallest absolute Gasteiger partial charge is 0.139 e. The molecule has 0 aliphatic rings. The van der Waals surface area contributed by atoms with Gasteiger partial charge < -0.3 is 0 Å². The first-order chi connectivity index (χ1) is 4.20. The molecule has 0 aromatic carbocycles. The van der Waals surface area contributed by atoms with E-state index in [1.54, 1.807) is 13.8 Å². The Labute approximate surface area is 80.5 Å². The van der Waals surface area contributed by atoms with Crippen molar-refractivity contribution in [2.24, 2.45) is 0 Å². The van der Waals surface area contributed by atoms with Crippen molar-refractivity contribution in [3.8, 4) is 0 Å². The van der Waals surface area contributed by atoms with Gasteiger partial charge in [-0.1, -0.05) is 13.8 Å². The molecule has 0 heterocycles. The van der Waals surface area contributed by atoms with Crippen LogP contribution in [0, 0.1) is 0 Å². The van der Waals surface area contributed by atoms with E-state index in [1.807, 2.05) is 0 Å². The molecule has 2 nitrogen and oxygen atoms in total. The predicted octanol–water partition coefficient (Wildman–Crippen LogP) is 1.33. The summed E-state index contributed by atoms with van der Waals surface area (Å²) in [5, 5.41) is 0. The Balaban J connectivity index is 0. The van der Waals surface area contributed by atoms with E-state index >= 15 is 0 Å². The monoisotopic (exact) mass is 218 g/mol. The molecule has 0 aliphatic carbocycles. The fourth-order valence-electron chi connectivity index (χ4n) is 0.470. The quantitative estimate of drug-likeness (QED) is 0.669. The minimum Gasteiger partial charge on any atom is -0.299 e. The normalized spacial score (nSPS) is 8.20. The van der Waals surface area contributed by atoms with Crippen LogP contribution in [0.4, 0.5) is 0 Å². The van der Waals surface area contributed by atoms with E-state index in [0.29, 0.717) is 12.8 Å². The van der Waals surface area contributed by atoms with Gasteiger partial charge in [0, 0.05) is 39.0 Å². The van der Waals surface area contributed by atoms with Crippen molar-refractivity contribution >= 4 is 11.6 Å². The summed E-state index contributed by atoms with van der Waals surface area (Å²) in [5.74, 6) is 0.0868. The Bertz CT molecular complexity index is 107. The van der Waals surface area contributed by atoms with E-state index in [4.69, 9.17) is 0 Å². The third kappa shape index (κ3) is 6.34. The molecule has 0 saturated carbocycles. The van der Waals surface area contributed by atoms with Gasteiger partial charge in [-0.05, 0) is 0 Å². The van der Waals surface area contributed by atoms with Crippen LogP contribution in [0.5, 0.6) is 0 Å². The summed E-state index contributed by atoms with van der Waals surface area (Å²) in [6.07, 6.45) is 1.09. The summed E-state index contributed by atoms with van der Waals surface area (Å²) in [6.45, 7) is 3.54. The standard InChI is InChI=1S/C7H12O2.Zr/c1-3-6(8)5-7(9)4-2;/h3-5H2,1-2H3;. The van der Waals surface area contributed by atoms with Crippen molar-refractivity contribution in [2.45, 2.75) is 33.1 Å². The van der Waals surface area contributed by atoms with Gasteiger partial charge in [-0.15, -0.1) is 0 Å². The molecule has 0 N–H and O–H groups in total. The topological polar surface area (TPSA) is 34.1 Å². The summed E-state index contributed by atoms with van der Waals surface area (Å²) >= 11 is 0. The molecule has 0 atom stereocenters. The number of hydrogen-bond acceptors (Lipinski definition) is 2. The molecule has 0 radical (unpaired) electrons. The van der Waals surface area contributed by atoms with Crippen molar-refractivity contribution < 1.29 is 35.8 Å². The first-order valence-corrected chi connectivity index (χ1v) is 3.24. The van der Waals surface area contributed by atoms with Gasteiger partial charge in [-0.25, -0.2) is 0 Å². The van der Waals surface area contributed by atoms with Gasteiger partial charge in [0.1, 0.15) is 11.6 Å². The number of rotatable bonds is 4. The molecule has 0 fully saturated rings. The average Bonchev–Trinajstić information content (AvgIpc) is 1.87. The first kappa shape index (κ1) is 12.9. The van der Waals surface area contributed by atoms with Gasteiger partial charge in [0.2, 0.25) is 0 Å². The zero-order valence-electron chi connectivity index (χ0n) is 6.44. The van der Waals surface area contributed by atoms with Crippen molar-refractivity contribution in [1.29, 1.82) is 0 Å². The molecule has 0 aliphatic heterocycles. The summed E-state index contributed by atoms with van der Waals surface area (Å²) in [7, 11) is 0. The van der Waals surface area contributed by atoms with Gasteiger partial charge in [-0.3, -0.25) is 9.59 Å². The number of ketones is 2. The Hall–Kier alpha value is 0.223. The van der Waals surface area contributed by atoms with Gasteiger partial charge in [0.25, 0.3) is 0 Å². The van der Waals surface area contributed by atoms with E-state index < -0.39 is 0 Å². The maximum Gasteiger partial charge on any atom is 0.139 e. The molecule has 3 heteroatoms. The molecule has 0 bridgehead atoms. The second-order valence-electron chi connectivity index (χ2n) is 1.96. The second-order valence-corrected chi connectivity index (χ2v) is 1.96. The van der Waals surface area contributed by atoms with E-state index in [0.717, 1.165) is 0 Å². The van der Waals surface area contributed by atoms with Crippen molar-refractivity contribution in [3.05, 3.63) is 0 Å². The minimum atomic E-state index is 0. The van der Waals surface area contributed by atoms with Crippen LogP contribution in [0.3, 0.4) is 0 Å². The SMILES string of the molecule is CCC(=O)CC(=O)CC.[Zr]. The molecular formula is C7H12O2Zr. The molecule has 0 unspecified atom stereocenters. The van der Waals surface area contributed by atoms with Crippen LogP contribution in [-0.4, -0.2) is 11.6 Å². The summed E-state index contributed by atoms with van der Waals surface area (Å²) in [5.41, 5.74) is 0. The Morgan fingerprint density at radius 1 is 1.00 bits per heavy atom. The average molecular weight is 219 g/mol. The number of carbonyl (C=O) groups excluding carboxylic acids is 2. The molecule has 0 spiro atoms. The van der Waals surface area contributed by atoms with Crippen LogP contribution in [-0.2, 0) is 35.8 Å². The van der Waals surface area contributed by atoms with Crippen molar-refractivity contribution in [1.82, 2.24) is 0 Å². The molecule has 0 aromatic rings. The molecule has 10 heavy (non-hydrogen) atoms. The van der Waals surface area contributed by atoms with Crippen LogP contribution >= 0.6 is 0 Å². The number of hydrogen-bond donors (Lipinski definition) is 0. The van der Waals surface area contributed by atoms with Gasteiger partial charge in [0.15, 0.2) is 0 Å². The molecule has 56 valence electrons. The largest absolute Gasteiger partial charge is 0.299 e. The molecule has 0 aromatic heterocycles. The van der Waals surface area contributed by atoms with E-state index in [9.17, 15) is 9.59 Å². The number of Topliss-reactive ketones (excluding diaryl/α,β-unsaturated/α-hetero) is 2. The maximum absolute atomic E-state index is 10.6. The molecule has 0 saturated heterocycles. The van der Waals surface area contributed by atoms with E-state index in [2.05, 4.69) is 0 Å². The molecule has 0 amide bonds. The zero-order valence-corrected chi connectivity index (χ0v) is 8.90. The summed E-state index contributed by atoms with van der Waals surface area (Å²) in [6, 6.07) is 0. The summed E-state index contributed by atoms with van der Waals surface area (Å²) < 4.78 is 0. The Morgan fingerprint density at radius 2 is 1.30 bits per heavy atom. The second kappa shape index (κ2) is 7.33. The van der Waals surface area contributed by atoms with Crippen molar-refractivity contribution in [2.75, 3.05) is 0 Å². The third-order valence-electron chi connectivity index (χ3n) is 1.18. The zero-order chi connectivity index (χ0) is 7.28. The third-order valence-corrected chi connectivity index (χ3v) is 1.18. The van der Waals surface area contributed by atoms with E-state index in [-0.39, 0.29) is 44.2 Å². The van der Waals surface area contributed by atoms with E-state index in [1.165, 1.54) is 0 Å². The first-order valence-electron chi connectivity index (χ1n) is 3.24. The minimum absolute atomic E-state index is 0. The van der Waals surface area contributed by atoms with Crippen LogP contribution in [0.25, 0.3) is 0 Å². The van der Waals surface area contributed by atoms with Gasteiger partial charge >= 0.3 is 0 Å². The molecule has 0 rings (SSSR count). The predicted molar refractivity (Wildman–Crippen MR) is 35.2 cm³/mol. The fourth-order valence-corrected chi connectivity index (χ4v) is 0.470.